The Morgan fingerprint density at radius 3 is 2.64 bits per heavy atom. The fourth-order valence-corrected chi connectivity index (χ4v) is 5.30. The quantitative estimate of drug-likeness (QED) is 0.137. The van der Waals surface area contributed by atoms with Gasteiger partial charge in [-0.05, 0) is 82.5 Å². The molecule has 1 aromatic carbocycles. The molecule has 0 saturated carbocycles. The minimum absolute atomic E-state index is 0.0495. The second kappa shape index (κ2) is 12.2. The van der Waals surface area contributed by atoms with Crippen molar-refractivity contribution in [3.8, 4) is 0 Å². The van der Waals surface area contributed by atoms with Gasteiger partial charge < -0.3 is 19.5 Å². The molecule has 12 heteroatoms. The number of cyclic esters (lactones) is 1. The van der Waals surface area contributed by atoms with E-state index < -0.39 is 23.8 Å². The first-order valence-electron chi connectivity index (χ1n) is 14.1. The summed E-state index contributed by atoms with van der Waals surface area (Å²) in [6.07, 6.45) is 1.19. The number of amides is 1. The van der Waals surface area contributed by atoms with Gasteiger partial charge in [-0.2, -0.15) is 0 Å². The number of rotatable bonds is 7. The molecule has 0 aliphatic carbocycles. The molecule has 0 radical (unpaired) electrons. The number of carbonyl (C=O) groups excluding carboxylic acids is 3. The average molecular weight is 620 g/mol. The Morgan fingerprint density at radius 1 is 1.16 bits per heavy atom. The zero-order valence-corrected chi connectivity index (χ0v) is 26.1. The lowest BCUT2D eigenvalue weighted by Crippen LogP contribution is -2.36. The van der Waals surface area contributed by atoms with Gasteiger partial charge in [0.2, 0.25) is 0 Å². The van der Waals surface area contributed by atoms with Crippen molar-refractivity contribution in [2.75, 3.05) is 23.9 Å². The lowest BCUT2D eigenvalue weighted by Gasteiger charge is -2.23. The maximum atomic E-state index is 13.1. The second-order valence-corrected chi connectivity index (χ2v) is 12.0. The van der Waals surface area contributed by atoms with E-state index in [1.165, 1.54) is 11.7 Å². The number of ether oxygens (including phenoxy) is 3. The molecule has 44 heavy (non-hydrogen) atoms. The summed E-state index contributed by atoms with van der Waals surface area (Å²) in [4.78, 5) is 48.9. The predicted octanol–water partition coefficient (Wildman–Crippen LogP) is 6.70. The van der Waals surface area contributed by atoms with Crippen molar-refractivity contribution in [2.45, 2.75) is 58.7 Å². The Morgan fingerprint density at radius 2 is 1.91 bits per heavy atom. The number of hydrogen-bond acceptors (Lipinski definition) is 9. The van der Waals surface area contributed by atoms with Crippen molar-refractivity contribution in [1.82, 2.24) is 14.5 Å². The van der Waals surface area contributed by atoms with Crippen LogP contribution < -0.4 is 10.2 Å². The molecule has 0 bridgehead atoms. The Kier molecular flexibility index (Phi) is 8.51. The van der Waals surface area contributed by atoms with Crippen LogP contribution in [-0.2, 0) is 20.6 Å². The maximum Gasteiger partial charge on any atom is 0.419 e. The van der Waals surface area contributed by atoms with Crippen molar-refractivity contribution < 1.29 is 28.6 Å². The number of aromatic nitrogens is 3. The highest BCUT2D eigenvalue weighted by atomic mass is 35.5. The van der Waals surface area contributed by atoms with E-state index in [2.05, 4.69) is 10.3 Å². The summed E-state index contributed by atoms with van der Waals surface area (Å²) in [7, 11) is 1.27. The van der Waals surface area contributed by atoms with E-state index >= 15 is 0 Å². The van der Waals surface area contributed by atoms with Crippen molar-refractivity contribution >= 4 is 52.2 Å². The van der Waals surface area contributed by atoms with E-state index in [-0.39, 0.29) is 29.5 Å². The number of carbonyl (C=O) groups is 3. The van der Waals surface area contributed by atoms with E-state index in [1.54, 1.807) is 23.2 Å². The first kappa shape index (κ1) is 30.8. The Hall–Kier alpha value is -4.64. The molecule has 0 unspecified atom stereocenters. The van der Waals surface area contributed by atoms with Crippen molar-refractivity contribution in [3.05, 3.63) is 82.4 Å². The number of para-hydroxylation sites is 1. The summed E-state index contributed by atoms with van der Waals surface area (Å²) >= 11 is 6.01. The van der Waals surface area contributed by atoms with E-state index in [9.17, 15) is 14.4 Å². The molecule has 1 fully saturated rings. The third-order valence-corrected chi connectivity index (χ3v) is 7.29. The van der Waals surface area contributed by atoms with Crippen LogP contribution in [-0.4, -0.2) is 58.1 Å². The Labute approximate surface area is 260 Å². The van der Waals surface area contributed by atoms with E-state index in [0.717, 1.165) is 16.5 Å². The molecule has 1 saturated heterocycles. The van der Waals surface area contributed by atoms with Crippen molar-refractivity contribution in [2.24, 2.45) is 0 Å². The van der Waals surface area contributed by atoms with Gasteiger partial charge in [-0.3, -0.25) is 9.47 Å². The minimum atomic E-state index is -0.656. The number of methoxy groups -OCH3 is 1. The zero-order valence-electron chi connectivity index (χ0n) is 25.4. The van der Waals surface area contributed by atoms with Crippen LogP contribution in [0.1, 0.15) is 61.0 Å². The summed E-state index contributed by atoms with van der Waals surface area (Å²) in [6.45, 7) is 9.41. The topological polar surface area (TPSA) is 125 Å². The normalized spacial score (nSPS) is 15.7. The Bertz CT molecular complexity index is 1750. The van der Waals surface area contributed by atoms with Gasteiger partial charge in [-0.15, -0.1) is 0 Å². The molecule has 1 aliphatic rings. The predicted molar refractivity (Wildman–Crippen MR) is 166 cm³/mol. The number of halogens is 1. The molecule has 11 nitrogen and oxygen atoms in total. The standard InChI is InChI=1S/C32H34ClN5O6/c1-18-13-24(19(2)34-23-11-12-26(33)36-28(23)29(39)42-6)35-27(14-18)38-21(17-43-31(38)41)15-20-16-37(30(40)44-32(3,4)5)25-10-8-7-9-22(20)25/h7-14,16,19,21,34H,15,17H2,1-6H3/t19-,21+/m1/s1. The molecule has 5 rings (SSSR count). The molecule has 1 N–H and O–H groups in total. The molecule has 0 spiro atoms. The number of anilines is 2. The number of hydrogen-bond donors (Lipinski definition) is 1. The molecule has 4 heterocycles. The summed E-state index contributed by atoms with van der Waals surface area (Å²) in [5.74, 6) is -0.199. The van der Waals surface area contributed by atoms with Gasteiger partial charge in [0.1, 0.15) is 23.2 Å². The highest BCUT2D eigenvalue weighted by Crippen LogP contribution is 2.31. The van der Waals surface area contributed by atoms with Gasteiger partial charge in [-0.25, -0.2) is 24.4 Å². The van der Waals surface area contributed by atoms with E-state index in [0.29, 0.717) is 29.1 Å². The summed E-state index contributed by atoms with van der Waals surface area (Å²) in [5, 5.41) is 4.30. The largest absolute Gasteiger partial charge is 0.464 e. The summed E-state index contributed by atoms with van der Waals surface area (Å²) in [5.41, 5.74) is 2.91. The first-order chi connectivity index (χ1) is 20.8. The first-order valence-corrected chi connectivity index (χ1v) is 14.5. The van der Waals surface area contributed by atoms with Gasteiger partial charge in [0.15, 0.2) is 5.69 Å². The molecule has 2 atom stereocenters. The molecule has 4 aromatic rings. The van der Waals surface area contributed by atoms with Gasteiger partial charge in [0, 0.05) is 11.6 Å². The smallest absolute Gasteiger partial charge is 0.419 e. The van der Waals surface area contributed by atoms with Crippen molar-refractivity contribution in [3.63, 3.8) is 0 Å². The second-order valence-electron chi connectivity index (χ2n) is 11.6. The molecule has 230 valence electrons. The average Bonchev–Trinajstić information content (AvgIpc) is 3.52. The van der Waals surface area contributed by atoms with Crippen LogP contribution in [0.5, 0.6) is 0 Å². The molecular formula is C32H34ClN5O6. The number of esters is 1. The monoisotopic (exact) mass is 619 g/mol. The Balaban J connectivity index is 1.44. The van der Waals surface area contributed by atoms with E-state index in [4.69, 9.17) is 30.8 Å². The van der Waals surface area contributed by atoms with Crippen LogP contribution in [0.3, 0.4) is 0 Å². The number of nitrogens with zero attached hydrogens (tertiary/aromatic N) is 4. The van der Waals surface area contributed by atoms with Gasteiger partial charge >= 0.3 is 18.2 Å². The molecule has 1 aliphatic heterocycles. The third kappa shape index (κ3) is 6.47. The SMILES string of the molecule is COC(=O)c1nc(Cl)ccc1N[C@H](C)c1cc(C)cc(N2C(=O)OC[C@@H]2Cc2cn(C(=O)OC(C)(C)C)c3ccccc23)n1. The van der Waals surface area contributed by atoms with Crippen LogP contribution in [0.4, 0.5) is 21.1 Å². The number of aryl methyl sites for hydroxylation is 1. The fraction of sp³-hybridized carbons (Fsp3) is 0.344. The highest BCUT2D eigenvalue weighted by Gasteiger charge is 2.36. The maximum absolute atomic E-state index is 13.1. The third-order valence-electron chi connectivity index (χ3n) is 7.08. The van der Waals surface area contributed by atoms with Crippen LogP contribution in [0.25, 0.3) is 10.9 Å². The molecule has 1 amide bonds. The lowest BCUT2D eigenvalue weighted by atomic mass is 10.0. The highest BCUT2D eigenvalue weighted by molar-refractivity contribution is 6.29. The van der Waals surface area contributed by atoms with Gasteiger partial charge in [-0.1, -0.05) is 29.8 Å². The summed E-state index contributed by atoms with van der Waals surface area (Å²) in [6, 6.07) is 13.8. The van der Waals surface area contributed by atoms with Crippen LogP contribution in [0, 0.1) is 6.92 Å². The van der Waals surface area contributed by atoms with Crippen molar-refractivity contribution in [1.29, 1.82) is 0 Å². The number of pyridine rings is 2. The van der Waals surface area contributed by atoms with Gasteiger partial charge in [0.05, 0.1) is 36.1 Å². The number of benzene rings is 1. The number of nitrogens with one attached hydrogen (secondary N) is 1. The minimum Gasteiger partial charge on any atom is -0.464 e. The van der Waals surface area contributed by atoms with Crippen LogP contribution in [0.2, 0.25) is 5.15 Å². The van der Waals surface area contributed by atoms with Gasteiger partial charge in [0.25, 0.3) is 0 Å². The van der Waals surface area contributed by atoms with Crippen LogP contribution in [0.15, 0.2) is 54.7 Å². The fourth-order valence-electron chi connectivity index (χ4n) is 5.15. The van der Waals surface area contributed by atoms with E-state index in [1.807, 2.05) is 71.0 Å². The molecular weight excluding hydrogens is 586 g/mol. The number of fused-ring (bicyclic) bond motifs is 1. The molecule has 3 aromatic heterocycles. The lowest BCUT2D eigenvalue weighted by molar-refractivity contribution is 0.0542. The van der Waals surface area contributed by atoms with Crippen LogP contribution >= 0.6 is 11.6 Å². The summed E-state index contributed by atoms with van der Waals surface area (Å²) < 4.78 is 17.5. The zero-order chi connectivity index (χ0) is 31.8.